The van der Waals surface area contributed by atoms with Crippen molar-refractivity contribution in [1.82, 2.24) is 0 Å². The minimum Gasteiger partial charge on any atom is -0.478 e. The predicted molar refractivity (Wildman–Crippen MR) is 55.1 cm³/mol. The fourth-order valence-electron chi connectivity index (χ4n) is 1.83. The van der Waals surface area contributed by atoms with Gasteiger partial charge in [0.1, 0.15) is 0 Å². The second-order valence-electron chi connectivity index (χ2n) is 3.34. The molecule has 0 radical (unpaired) electrons. The molecule has 0 saturated heterocycles. The molecule has 0 aliphatic carbocycles. The van der Waals surface area contributed by atoms with Crippen molar-refractivity contribution in [1.29, 1.82) is 0 Å². The van der Waals surface area contributed by atoms with Crippen molar-refractivity contribution in [3.05, 3.63) is 35.9 Å². The van der Waals surface area contributed by atoms with Crippen LogP contribution in [0.15, 0.2) is 40.6 Å². The summed E-state index contributed by atoms with van der Waals surface area (Å²) in [5.41, 5.74) is 1.78. The standard InChI is InChI=1S/C11H6N2O2/c14-11(15)7-4-5-9-10-6(7)2-1-3-8(10)12-13-9/h1-5H,(H,14,15). The zero-order valence-corrected chi connectivity index (χ0v) is 7.64. The Kier molecular flexibility index (Phi) is 1.42. The third kappa shape index (κ3) is 0.985. The van der Waals surface area contributed by atoms with Crippen LogP contribution in [0, 0.1) is 0 Å². The Hall–Kier alpha value is -2.23. The number of benzene rings is 2. The van der Waals surface area contributed by atoms with E-state index in [4.69, 9.17) is 5.11 Å². The van der Waals surface area contributed by atoms with Crippen LogP contribution < -0.4 is 0 Å². The normalized spacial score (nSPS) is 12.3. The zero-order chi connectivity index (χ0) is 10.4. The molecule has 15 heavy (non-hydrogen) atoms. The Morgan fingerprint density at radius 1 is 1.07 bits per heavy atom. The number of carboxylic acids is 1. The number of azo groups is 1. The molecule has 1 heterocycles. The topological polar surface area (TPSA) is 62.0 Å². The minimum atomic E-state index is -0.925. The van der Waals surface area contributed by atoms with E-state index in [1.54, 1.807) is 24.3 Å². The Morgan fingerprint density at radius 3 is 2.53 bits per heavy atom. The number of hydrogen-bond donors (Lipinski definition) is 1. The predicted octanol–water partition coefficient (Wildman–Crippen LogP) is 3.27. The monoisotopic (exact) mass is 198 g/mol. The summed E-state index contributed by atoms with van der Waals surface area (Å²) in [6.07, 6.45) is 0. The molecule has 0 fully saturated rings. The lowest BCUT2D eigenvalue weighted by atomic mass is 10.0. The first-order valence-corrected chi connectivity index (χ1v) is 4.48. The molecule has 72 valence electrons. The molecule has 0 bridgehead atoms. The summed E-state index contributed by atoms with van der Waals surface area (Å²) in [5.74, 6) is -0.925. The highest BCUT2D eigenvalue weighted by Crippen LogP contribution is 2.41. The summed E-state index contributed by atoms with van der Waals surface area (Å²) in [5, 5.41) is 18.5. The number of rotatable bonds is 1. The van der Waals surface area contributed by atoms with Crippen molar-refractivity contribution in [2.24, 2.45) is 10.2 Å². The Morgan fingerprint density at radius 2 is 1.80 bits per heavy atom. The van der Waals surface area contributed by atoms with Crippen molar-refractivity contribution in [2.45, 2.75) is 0 Å². The molecule has 4 heteroatoms. The second kappa shape index (κ2) is 2.63. The van der Waals surface area contributed by atoms with Gasteiger partial charge in [-0.2, -0.15) is 0 Å². The van der Waals surface area contributed by atoms with E-state index in [0.29, 0.717) is 10.9 Å². The lowest BCUT2D eigenvalue weighted by Crippen LogP contribution is -1.96. The van der Waals surface area contributed by atoms with Crippen molar-refractivity contribution in [3.8, 4) is 0 Å². The second-order valence-corrected chi connectivity index (χ2v) is 3.34. The fourth-order valence-corrected chi connectivity index (χ4v) is 1.83. The van der Waals surface area contributed by atoms with Gasteiger partial charge in [-0.1, -0.05) is 12.1 Å². The summed E-state index contributed by atoms with van der Waals surface area (Å²) in [7, 11) is 0. The van der Waals surface area contributed by atoms with Crippen LogP contribution in [0.1, 0.15) is 10.4 Å². The Bertz CT molecular complexity index is 605. The van der Waals surface area contributed by atoms with E-state index < -0.39 is 5.97 Å². The summed E-state index contributed by atoms with van der Waals surface area (Å²) in [6, 6.07) is 8.65. The smallest absolute Gasteiger partial charge is 0.336 e. The summed E-state index contributed by atoms with van der Waals surface area (Å²) >= 11 is 0. The van der Waals surface area contributed by atoms with Crippen molar-refractivity contribution < 1.29 is 9.90 Å². The first kappa shape index (κ1) is 8.11. The average Bonchev–Trinajstić information content (AvgIpc) is 2.64. The van der Waals surface area contributed by atoms with Crippen molar-refractivity contribution in [2.75, 3.05) is 0 Å². The molecule has 0 unspecified atom stereocenters. The van der Waals surface area contributed by atoms with E-state index in [-0.39, 0.29) is 0 Å². The summed E-state index contributed by atoms with van der Waals surface area (Å²) < 4.78 is 0. The van der Waals surface area contributed by atoms with E-state index in [1.165, 1.54) is 0 Å². The number of hydrogen-bond acceptors (Lipinski definition) is 3. The molecule has 1 N–H and O–H groups in total. The van der Waals surface area contributed by atoms with Gasteiger partial charge in [0.2, 0.25) is 0 Å². The van der Waals surface area contributed by atoms with Crippen LogP contribution in [0.25, 0.3) is 10.8 Å². The van der Waals surface area contributed by atoms with Crippen LogP contribution in [-0.2, 0) is 0 Å². The van der Waals surface area contributed by atoms with Crippen LogP contribution in [0.4, 0.5) is 11.4 Å². The minimum absolute atomic E-state index is 0.294. The largest absolute Gasteiger partial charge is 0.478 e. The third-order valence-electron chi connectivity index (χ3n) is 2.49. The zero-order valence-electron chi connectivity index (χ0n) is 7.64. The first-order chi connectivity index (χ1) is 7.27. The van der Waals surface area contributed by atoms with Gasteiger partial charge in [0, 0.05) is 10.8 Å². The molecule has 3 rings (SSSR count). The third-order valence-corrected chi connectivity index (χ3v) is 2.49. The lowest BCUT2D eigenvalue weighted by molar-refractivity contribution is 0.0699. The number of nitrogens with zero attached hydrogens (tertiary/aromatic N) is 2. The molecular weight excluding hydrogens is 192 g/mol. The maximum absolute atomic E-state index is 11.0. The van der Waals surface area contributed by atoms with Gasteiger partial charge >= 0.3 is 5.97 Å². The molecule has 1 aliphatic heterocycles. The average molecular weight is 198 g/mol. The van der Waals surface area contributed by atoms with Gasteiger partial charge in [-0.3, -0.25) is 0 Å². The fraction of sp³-hybridized carbons (Fsp3) is 0. The highest BCUT2D eigenvalue weighted by atomic mass is 16.4. The highest BCUT2D eigenvalue weighted by molar-refractivity contribution is 6.11. The SMILES string of the molecule is O=C(O)c1ccc2c3c(cccc13)N=N2. The molecule has 2 aromatic rings. The van der Waals surface area contributed by atoms with Gasteiger partial charge in [-0.25, -0.2) is 4.79 Å². The van der Waals surface area contributed by atoms with Gasteiger partial charge < -0.3 is 5.11 Å². The molecule has 2 aromatic carbocycles. The molecule has 0 saturated carbocycles. The summed E-state index contributed by atoms with van der Waals surface area (Å²) in [4.78, 5) is 11.0. The van der Waals surface area contributed by atoms with Crippen molar-refractivity contribution >= 4 is 28.1 Å². The van der Waals surface area contributed by atoms with Crippen LogP contribution in [-0.4, -0.2) is 11.1 Å². The molecule has 0 amide bonds. The van der Waals surface area contributed by atoms with Gasteiger partial charge in [-0.05, 0) is 18.2 Å². The maximum Gasteiger partial charge on any atom is 0.336 e. The number of aromatic carboxylic acids is 1. The molecule has 1 aliphatic rings. The lowest BCUT2D eigenvalue weighted by Gasteiger charge is -2.02. The Labute approximate surface area is 84.9 Å². The number of carboxylic acid groups (broad SMARTS) is 1. The van der Waals surface area contributed by atoms with Crippen LogP contribution in [0.3, 0.4) is 0 Å². The van der Waals surface area contributed by atoms with Gasteiger partial charge in [-0.15, -0.1) is 10.2 Å². The molecule has 4 nitrogen and oxygen atoms in total. The van der Waals surface area contributed by atoms with E-state index in [0.717, 1.165) is 16.8 Å². The quantitative estimate of drug-likeness (QED) is 0.652. The first-order valence-electron chi connectivity index (χ1n) is 4.48. The molecule has 0 aromatic heterocycles. The van der Waals surface area contributed by atoms with Gasteiger partial charge in [0.15, 0.2) is 0 Å². The number of carbonyl (C=O) groups is 1. The molecule has 0 atom stereocenters. The van der Waals surface area contributed by atoms with Crippen LogP contribution in [0.5, 0.6) is 0 Å². The maximum atomic E-state index is 11.0. The molecular formula is C11H6N2O2. The summed E-state index contributed by atoms with van der Waals surface area (Å²) in [6.45, 7) is 0. The van der Waals surface area contributed by atoms with Gasteiger partial charge in [0.05, 0.1) is 16.9 Å². The molecule has 0 spiro atoms. The van der Waals surface area contributed by atoms with E-state index in [2.05, 4.69) is 10.2 Å². The van der Waals surface area contributed by atoms with Crippen LogP contribution in [0.2, 0.25) is 0 Å². The van der Waals surface area contributed by atoms with Gasteiger partial charge in [0.25, 0.3) is 0 Å². The van der Waals surface area contributed by atoms with E-state index >= 15 is 0 Å². The van der Waals surface area contributed by atoms with Crippen LogP contribution >= 0.6 is 0 Å². The van der Waals surface area contributed by atoms with E-state index in [9.17, 15) is 4.79 Å². The Balaban J connectivity index is 2.52. The van der Waals surface area contributed by atoms with E-state index in [1.807, 2.05) is 6.07 Å². The highest BCUT2D eigenvalue weighted by Gasteiger charge is 2.16. The van der Waals surface area contributed by atoms with Crippen molar-refractivity contribution in [3.63, 3.8) is 0 Å².